The van der Waals surface area contributed by atoms with Crippen LogP contribution in [0.15, 0.2) is 16.6 Å². The Bertz CT molecular complexity index is 705. The summed E-state index contributed by atoms with van der Waals surface area (Å²) >= 11 is 1.33. The molecule has 0 aliphatic carbocycles. The second-order valence-corrected chi connectivity index (χ2v) is 7.24. The molecule has 1 atom stereocenters. The number of piperidine rings is 1. The molecular weight excluding hydrogens is 288 g/mol. The number of hydrogen-bond acceptors (Lipinski definition) is 6. The quantitative estimate of drug-likeness (QED) is 0.821. The SMILES string of the molecule is Nc1nc2sccn2c1S(=O)(=O)N1CCCC(O)C1. The zero-order valence-electron chi connectivity index (χ0n) is 10.1. The van der Waals surface area contributed by atoms with Gasteiger partial charge in [0.1, 0.15) is 0 Å². The number of anilines is 1. The first-order valence-corrected chi connectivity index (χ1v) is 8.21. The van der Waals surface area contributed by atoms with Gasteiger partial charge < -0.3 is 10.8 Å². The summed E-state index contributed by atoms with van der Waals surface area (Å²) < 4.78 is 28.0. The van der Waals surface area contributed by atoms with Crippen molar-refractivity contribution in [3.63, 3.8) is 0 Å². The van der Waals surface area contributed by atoms with E-state index in [0.29, 0.717) is 24.3 Å². The van der Waals surface area contributed by atoms with Gasteiger partial charge in [-0.1, -0.05) is 0 Å². The summed E-state index contributed by atoms with van der Waals surface area (Å²) in [5, 5.41) is 11.4. The number of sulfonamides is 1. The fourth-order valence-electron chi connectivity index (χ4n) is 2.30. The van der Waals surface area contributed by atoms with Gasteiger partial charge in [0.2, 0.25) is 0 Å². The summed E-state index contributed by atoms with van der Waals surface area (Å²) in [4.78, 5) is 4.59. The lowest BCUT2D eigenvalue weighted by Crippen LogP contribution is -2.42. The first-order valence-electron chi connectivity index (χ1n) is 5.89. The van der Waals surface area contributed by atoms with Crippen LogP contribution in [-0.2, 0) is 10.0 Å². The standard InChI is InChI=1S/C10H14N4O3S2/c11-8-9(14-4-5-18-10(14)12-8)19(16,17)13-3-1-2-7(15)6-13/h4-5,7,15H,1-3,6,11H2. The fraction of sp³-hybridized carbons (Fsp3) is 0.500. The molecule has 3 N–H and O–H groups in total. The fourth-order valence-corrected chi connectivity index (χ4v) is 4.77. The maximum atomic E-state index is 12.6. The van der Waals surface area contributed by atoms with Crippen molar-refractivity contribution in [2.75, 3.05) is 18.8 Å². The van der Waals surface area contributed by atoms with Crippen LogP contribution < -0.4 is 5.73 Å². The third-order valence-corrected chi connectivity index (χ3v) is 5.85. The molecule has 19 heavy (non-hydrogen) atoms. The lowest BCUT2D eigenvalue weighted by molar-refractivity contribution is 0.108. The van der Waals surface area contributed by atoms with Gasteiger partial charge >= 0.3 is 0 Å². The largest absolute Gasteiger partial charge is 0.392 e. The lowest BCUT2D eigenvalue weighted by atomic mass is 10.1. The average molecular weight is 302 g/mol. The van der Waals surface area contributed by atoms with Crippen LogP contribution in [0.3, 0.4) is 0 Å². The summed E-state index contributed by atoms with van der Waals surface area (Å²) in [6.45, 7) is 0.509. The number of nitrogen functional groups attached to an aromatic ring is 1. The molecule has 2 aromatic heterocycles. The highest BCUT2D eigenvalue weighted by atomic mass is 32.2. The molecule has 0 amide bonds. The predicted molar refractivity (Wildman–Crippen MR) is 71.5 cm³/mol. The van der Waals surface area contributed by atoms with Gasteiger partial charge in [-0.2, -0.15) is 4.31 Å². The Labute approximate surface area is 114 Å². The van der Waals surface area contributed by atoms with E-state index in [2.05, 4.69) is 4.98 Å². The number of fused-ring (bicyclic) bond motifs is 1. The van der Waals surface area contributed by atoms with Gasteiger partial charge in [-0.15, -0.1) is 11.3 Å². The van der Waals surface area contributed by atoms with Gasteiger partial charge in [0, 0.05) is 24.7 Å². The number of aliphatic hydroxyl groups excluding tert-OH is 1. The minimum Gasteiger partial charge on any atom is -0.392 e. The maximum absolute atomic E-state index is 12.6. The summed E-state index contributed by atoms with van der Waals surface area (Å²) in [5.41, 5.74) is 5.73. The highest BCUT2D eigenvalue weighted by Gasteiger charge is 2.34. The number of imidazole rings is 1. The van der Waals surface area contributed by atoms with E-state index in [0.717, 1.165) is 0 Å². The molecule has 104 valence electrons. The maximum Gasteiger partial charge on any atom is 0.262 e. The Balaban J connectivity index is 2.08. The molecule has 1 unspecified atom stereocenters. The summed E-state index contributed by atoms with van der Waals surface area (Å²) in [5.74, 6) is 0.00640. The van der Waals surface area contributed by atoms with Crippen LogP contribution in [-0.4, -0.2) is 46.4 Å². The Hall–Kier alpha value is -1.16. The number of thiazole rings is 1. The van der Waals surface area contributed by atoms with Gasteiger partial charge in [0.15, 0.2) is 15.8 Å². The van der Waals surface area contributed by atoms with E-state index in [4.69, 9.17) is 5.73 Å². The Morgan fingerprint density at radius 2 is 2.32 bits per heavy atom. The molecule has 1 aliphatic rings. The summed E-state index contributed by atoms with van der Waals surface area (Å²) in [7, 11) is -3.72. The van der Waals surface area contributed by atoms with Gasteiger partial charge in [-0.3, -0.25) is 4.40 Å². The van der Waals surface area contributed by atoms with Gasteiger partial charge in [-0.25, -0.2) is 13.4 Å². The van der Waals surface area contributed by atoms with Crippen LogP contribution >= 0.6 is 11.3 Å². The van der Waals surface area contributed by atoms with E-state index in [-0.39, 0.29) is 17.4 Å². The summed E-state index contributed by atoms with van der Waals surface area (Å²) in [6, 6.07) is 0. The molecule has 0 spiro atoms. The molecule has 1 aliphatic heterocycles. The Morgan fingerprint density at radius 1 is 1.53 bits per heavy atom. The minimum absolute atomic E-state index is 0.00199. The lowest BCUT2D eigenvalue weighted by Gasteiger charge is -2.28. The average Bonchev–Trinajstić information content (AvgIpc) is 2.88. The predicted octanol–water partition coefficient (Wildman–Crippen LogP) is 0.123. The van der Waals surface area contributed by atoms with Crippen LogP contribution in [0.5, 0.6) is 0 Å². The van der Waals surface area contributed by atoms with E-state index in [1.807, 2.05) is 0 Å². The van der Waals surface area contributed by atoms with Crippen molar-refractivity contribution >= 4 is 32.1 Å². The molecule has 0 radical (unpaired) electrons. The highest BCUT2D eigenvalue weighted by molar-refractivity contribution is 7.89. The molecule has 1 fully saturated rings. The topological polar surface area (TPSA) is 101 Å². The monoisotopic (exact) mass is 302 g/mol. The number of nitrogens with two attached hydrogens (primary N) is 1. The molecule has 3 heterocycles. The molecule has 1 saturated heterocycles. The number of rotatable bonds is 2. The molecule has 0 bridgehead atoms. The molecule has 0 saturated carbocycles. The van der Waals surface area contributed by atoms with E-state index < -0.39 is 16.1 Å². The molecule has 3 rings (SSSR count). The van der Waals surface area contributed by atoms with Crippen LogP contribution in [0, 0.1) is 0 Å². The third-order valence-electron chi connectivity index (χ3n) is 3.19. The number of nitrogens with zero attached hydrogens (tertiary/aromatic N) is 3. The van der Waals surface area contributed by atoms with Crippen molar-refractivity contribution in [2.24, 2.45) is 0 Å². The van der Waals surface area contributed by atoms with Crippen molar-refractivity contribution in [1.82, 2.24) is 13.7 Å². The molecule has 7 nitrogen and oxygen atoms in total. The van der Waals surface area contributed by atoms with Gasteiger partial charge in [-0.05, 0) is 12.8 Å². The molecule has 0 aromatic carbocycles. The molecular formula is C10H14N4O3S2. The third kappa shape index (κ3) is 2.02. The van der Waals surface area contributed by atoms with Crippen molar-refractivity contribution in [2.45, 2.75) is 24.0 Å². The highest BCUT2D eigenvalue weighted by Crippen LogP contribution is 2.27. The van der Waals surface area contributed by atoms with E-state index in [1.165, 1.54) is 20.0 Å². The van der Waals surface area contributed by atoms with Gasteiger partial charge in [0.05, 0.1) is 6.10 Å². The number of aliphatic hydroxyl groups is 1. The second kappa shape index (κ2) is 4.44. The minimum atomic E-state index is -3.72. The summed E-state index contributed by atoms with van der Waals surface area (Å²) in [6.07, 6.45) is 2.29. The number of aromatic nitrogens is 2. The molecule has 9 heteroatoms. The smallest absolute Gasteiger partial charge is 0.262 e. The van der Waals surface area contributed by atoms with Crippen molar-refractivity contribution in [3.05, 3.63) is 11.6 Å². The van der Waals surface area contributed by atoms with E-state index in [9.17, 15) is 13.5 Å². The van der Waals surface area contributed by atoms with Crippen molar-refractivity contribution in [1.29, 1.82) is 0 Å². The van der Waals surface area contributed by atoms with Crippen molar-refractivity contribution in [3.8, 4) is 0 Å². The zero-order valence-corrected chi connectivity index (χ0v) is 11.7. The Kier molecular flexibility index (Phi) is 3.01. The van der Waals surface area contributed by atoms with Crippen LogP contribution in [0.4, 0.5) is 5.82 Å². The number of β-amino-alcohol motifs (C(OH)–C–C–N with tert-alkyl or cyclic N) is 1. The normalized spacial score (nSPS) is 22.1. The molecule has 2 aromatic rings. The zero-order chi connectivity index (χ0) is 13.6. The van der Waals surface area contributed by atoms with Crippen molar-refractivity contribution < 1.29 is 13.5 Å². The number of hydrogen-bond donors (Lipinski definition) is 2. The van der Waals surface area contributed by atoms with Crippen LogP contribution in [0.2, 0.25) is 0 Å². The first-order chi connectivity index (χ1) is 9.00. The second-order valence-electron chi connectivity index (χ2n) is 4.52. The Morgan fingerprint density at radius 3 is 3.05 bits per heavy atom. The van der Waals surface area contributed by atoms with E-state index >= 15 is 0 Å². The first kappa shape index (κ1) is 12.9. The van der Waals surface area contributed by atoms with Crippen LogP contribution in [0.1, 0.15) is 12.8 Å². The van der Waals surface area contributed by atoms with E-state index in [1.54, 1.807) is 11.6 Å². The van der Waals surface area contributed by atoms with Crippen LogP contribution in [0.25, 0.3) is 4.96 Å². The van der Waals surface area contributed by atoms with Gasteiger partial charge in [0.25, 0.3) is 10.0 Å².